The molecule has 2 aliphatic rings. The van der Waals surface area contributed by atoms with Crippen LogP contribution in [0.3, 0.4) is 0 Å². The highest BCUT2D eigenvalue weighted by molar-refractivity contribution is 5.91. The molecule has 29 heavy (non-hydrogen) atoms. The molecule has 4 atom stereocenters. The van der Waals surface area contributed by atoms with Crippen molar-refractivity contribution in [2.24, 2.45) is 17.8 Å². The van der Waals surface area contributed by atoms with Crippen molar-refractivity contribution in [1.29, 1.82) is 0 Å². The quantitative estimate of drug-likeness (QED) is 0.795. The SMILES string of the molecule is CC(C)C[C@H]1C(=O)N[C@@H](C(C)C)CN1C(=O)[C@@H]1C[C@H]1c1ccc(C(C)(C)C)cc1. The highest BCUT2D eigenvalue weighted by Gasteiger charge is 2.49. The molecule has 4 nitrogen and oxygen atoms in total. The summed E-state index contributed by atoms with van der Waals surface area (Å²) in [5, 5.41) is 3.15. The van der Waals surface area contributed by atoms with Crippen LogP contribution in [0, 0.1) is 17.8 Å². The predicted octanol–water partition coefficient (Wildman–Crippen LogP) is 4.49. The van der Waals surface area contributed by atoms with Crippen molar-refractivity contribution in [3.05, 3.63) is 35.4 Å². The van der Waals surface area contributed by atoms with E-state index in [-0.39, 0.29) is 35.2 Å². The molecule has 0 unspecified atom stereocenters. The van der Waals surface area contributed by atoms with Crippen LogP contribution in [0.1, 0.15) is 78.4 Å². The summed E-state index contributed by atoms with van der Waals surface area (Å²) in [7, 11) is 0. The Balaban J connectivity index is 1.74. The van der Waals surface area contributed by atoms with Crippen molar-refractivity contribution in [1.82, 2.24) is 10.2 Å². The number of rotatable bonds is 5. The molecule has 3 rings (SSSR count). The Morgan fingerprint density at radius 2 is 1.76 bits per heavy atom. The topological polar surface area (TPSA) is 49.4 Å². The van der Waals surface area contributed by atoms with Crippen molar-refractivity contribution in [2.75, 3.05) is 6.54 Å². The fourth-order valence-corrected chi connectivity index (χ4v) is 4.39. The molecule has 0 bridgehead atoms. The van der Waals surface area contributed by atoms with Crippen LogP contribution < -0.4 is 5.32 Å². The van der Waals surface area contributed by atoms with Crippen molar-refractivity contribution in [2.45, 2.75) is 84.7 Å². The van der Waals surface area contributed by atoms with Gasteiger partial charge in [0.15, 0.2) is 0 Å². The first-order valence-electron chi connectivity index (χ1n) is 11.2. The summed E-state index contributed by atoms with van der Waals surface area (Å²) in [6.07, 6.45) is 1.62. The molecule has 1 saturated carbocycles. The molecule has 1 saturated heterocycles. The normalized spacial score (nSPS) is 27.3. The number of amides is 2. The monoisotopic (exact) mass is 398 g/mol. The summed E-state index contributed by atoms with van der Waals surface area (Å²) in [5.74, 6) is 1.18. The van der Waals surface area contributed by atoms with Crippen LogP contribution in [0.25, 0.3) is 0 Å². The molecular weight excluding hydrogens is 360 g/mol. The average Bonchev–Trinajstić information content (AvgIpc) is 3.42. The van der Waals surface area contributed by atoms with Crippen LogP contribution in [0.2, 0.25) is 0 Å². The van der Waals surface area contributed by atoms with Gasteiger partial charge in [0.2, 0.25) is 11.8 Å². The zero-order chi connectivity index (χ0) is 21.5. The summed E-state index contributed by atoms with van der Waals surface area (Å²) in [5.41, 5.74) is 2.70. The van der Waals surface area contributed by atoms with E-state index >= 15 is 0 Å². The number of piperazine rings is 1. The first-order chi connectivity index (χ1) is 13.5. The van der Waals surface area contributed by atoms with E-state index in [1.165, 1.54) is 11.1 Å². The molecule has 2 fully saturated rings. The number of carbonyl (C=O) groups is 2. The number of nitrogens with one attached hydrogen (secondary N) is 1. The Hall–Kier alpha value is -1.84. The minimum Gasteiger partial charge on any atom is -0.350 e. The van der Waals surface area contributed by atoms with Gasteiger partial charge in [0.05, 0.1) is 0 Å². The van der Waals surface area contributed by atoms with Crippen LogP contribution in [-0.2, 0) is 15.0 Å². The van der Waals surface area contributed by atoms with Gasteiger partial charge in [0.1, 0.15) is 6.04 Å². The first-order valence-corrected chi connectivity index (χ1v) is 11.2. The van der Waals surface area contributed by atoms with E-state index in [1.807, 2.05) is 4.90 Å². The van der Waals surface area contributed by atoms with Gasteiger partial charge in [-0.15, -0.1) is 0 Å². The van der Waals surface area contributed by atoms with E-state index in [9.17, 15) is 9.59 Å². The molecule has 1 aromatic carbocycles. The minimum atomic E-state index is -0.331. The largest absolute Gasteiger partial charge is 0.350 e. The molecular formula is C25H38N2O2. The lowest BCUT2D eigenvalue weighted by Gasteiger charge is -2.41. The number of carbonyl (C=O) groups excluding carboxylic acids is 2. The van der Waals surface area contributed by atoms with Gasteiger partial charge in [-0.2, -0.15) is 0 Å². The number of benzene rings is 1. The van der Waals surface area contributed by atoms with Crippen LogP contribution in [0.5, 0.6) is 0 Å². The van der Waals surface area contributed by atoms with Gasteiger partial charge in [-0.3, -0.25) is 9.59 Å². The molecule has 1 N–H and O–H groups in total. The lowest BCUT2D eigenvalue weighted by molar-refractivity contribution is -0.147. The molecule has 1 aromatic rings. The lowest BCUT2D eigenvalue weighted by Crippen LogP contribution is -2.63. The van der Waals surface area contributed by atoms with Crippen LogP contribution >= 0.6 is 0 Å². The Morgan fingerprint density at radius 1 is 1.14 bits per heavy atom. The van der Waals surface area contributed by atoms with E-state index in [2.05, 4.69) is 78.0 Å². The third-order valence-corrected chi connectivity index (χ3v) is 6.49. The van der Waals surface area contributed by atoms with E-state index < -0.39 is 0 Å². The molecule has 1 aliphatic carbocycles. The zero-order valence-corrected chi connectivity index (χ0v) is 19.2. The third-order valence-electron chi connectivity index (χ3n) is 6.49. The second-order valence-electron chi connectivity index (χ2n) is 10.8. The molecule has 0 radical (unpaired) electrons. The summed E-state index contributed by atoms with van der Waals surface area (Å²) < 4.78 is 0. The maximum atomic E-state index is 13.4. The van der Waals surface area contributed by atoms with E-state index in [0.29, 0.717) is 24.3 Å². The van der Waals surface area contributed by atoms with Gasteiger partial charge in [-0.05, 0) is 47.1 Å². The fraction of sp³-hybridized carbons (Fsp3) is 0.680. The van der Waals surface area contributed by atoms with E-state index in [1.54, 1.807) is 0 Å². The van der Waals surface area contributed by atoms with Crippen LogP contribution in [-0.4, -0.2) is 35.3 Å². The van der Waals surface area contributed by atoms with Crippen molar-refractivity contribution >= 4 is 11.8 Å². The van der Waals surface area contributed by atoms with Crippen molar-refractivity contribution in [3.8, 4) is 0 Å². The molecule has 2 amide bonds. The minimum absolute atomic E-state index is 0.0173. The Morgan fingerprint density at radius 3 is 2.28 bits per heavy atom. The zero-order valence-electron chi connectivity index (χ0n) is 19.2. The highest BCUT2D eigenvalue weighted by Crippen LogP contribution is 2.49. The standard InChI is InChI=1S/C25H38N2O2/c1-15(2)12-22-23(28)26-21(16(3)4)14-27(22)24(29)20-13-19(20)17-8-10-18(11-9-17)25(5,6)7/h8-11,15-16,19-22H,12-14H2,1-7H3,(H,26,28)/t19-,20+,21+,22-/m0/s1. The molecule has 160 valence electrons. The van der Waals surface area contributed by atoms with Crippen molar-refractivity contribution in [3.63, 3.8) is 0 Å². The van der Waals surface area contributed by atoms with Gasteiger partial charge in [0, 0.05) is 18.5 Å². The predicted molar refractivity (Wildman–Crippen MR) is 118 cm³/mol. The summed E-state index contributed by atoms with van der Waals surface area (Å²) >= 11 is 0. The molecule has 4 heteroatoms. The van der Waals surface area contributed by atoms with Crippen molar-refractivity contribution < 1.29 is 9.59 Å². The maximum Gasteiger partial charge on any atom is 0.243 e. The second-order valence-corrected chi connectivity index (χ2v) is 10.8. The smallest absolute Gasteiger partial charge is 0.243 e. The van der Waals surface area contributed by atoms with Gasteiger partial charge >= 0.3 is 0 Å². The molecule has 0 spiro atoms. The second kappa shape index (κ2) is 8.12. The number of hydrogen-bond acceptors (Lipinski definition) is 2. The van der Waals surface area contributed by atoms with Gasteiger partial charge in [-0.25, -0.2) is 0 Å². The molecule has 0 aromatic heterocycles. The number of hydrogen-bond donors (Lipinski definition) is 1. The average molecular weight is 399 g/mol. The van der Waals surface area contributed by atoms with Crippen LogP contribution in [0.15, 0.2) is 24.3 Å². The molecule has 1 heterocycles. The van der Waals surface area contributed by atoms with E-state index in [0.717, 1.165) is 12.8 Å². The number of nitrogens with zero attached hydrogens (tertiary/aromatic N) is 1. The van der Waals surface area contributed by atoms with Gasteiger partial charge in [0.25, 0.3) is 0 Å². The first kappa shape index (κ1) is 21.9. The molecule has 1 aliphatic heterocycles. The Labute approximate surface area is 176 Å². The Bertz CT molecular complexity index is 745. The highest BCUT2D eigenvalue weighted by atomic mass is 16.2. The van der Waals surface area contributed by atoms with Crippen LogP contribution in [0.4, 0.5) is 0 Å². The maximum absolute atomic E-state index is 13.4. The van der Waals surface area contributed by atoms with E-state index in [4.69, 9.17) is 0 Å². The third kappa shape index (κ3) is 4.84. The summed E-state index contributed by atoms with van der Waals surface area (Å²) in [6, 6.07) is 8.47. The van der Waals surface area contributed by atoms with Gasteiger partial charge in [-0.1, -0.05) is 72.7 Å². The van der Waals surface area contributed by atoms with Gasteiger partial charge < -0.3 is 10.2 Å². The summed E-state index contributed by atoms with van der Waals surface area (Å²) in [6.45, 7) is 15.7. The Kier molecular flexibility index (Phi) is 6.12. The summed E-state index contributed by atoms with van der Waals surface area (Å²) in [4.78, 5) is 28.1. The lowest BCUT2D eigenvalue weighted by atomic mass is 9.86. The fourth-order valence-electron chi connectivity index (χ4n) is 4.39.